The molecule has 0 fully saturated rings. The lowest BCUT2D eigenvalue weighted by Gasteiger charge is -2.23. The van der Waals surface area contributed by atoms with Gasteiger partial charge in [0.25, 0.3) is 5.91 Å². The van der Waals surface area contributed by atoms with Gasteiger partial charge in [-0.3, -0.25) is 4.79 Å². The van der Waals surface area contributed by atoms with Crippen LogP contribution in [0, 0.1) is 0 Å². The van der Waals surface area contributed by atoms with Gasteiger partial charge in [-0.1, -0.05) is 24.3 Å². The summed E-state index contributed by atoms with van der Waals surface area (Å²) in [6.07, 6.45) is 0. The maximum Gasteiger partial charge on any atom is 0.254 e. The first-order valence-corrected chi connectivity index (χ1v) is 10.9. The predicted octanol–water partition coefficient (Wildman–Crippen LogP) is 3.25. The highest BCUT2D eigenvalue weighted by atomic mass is 32.2. The van der Waals surface area contributed by atoms with Gasteiger partial charge < -0.3 is 9.64 Å². The molecule has 3 rings (SSSR count). The van der Waals surface area contributed by atoms with Crippen LogP contribution in [0.2, 0.25) is 0 Å². The van der Waals surface area contributed by atoms with E-state index in [1.165, 1.54) is 24.3 Å². The first-order chi connectivity index (χ1) is 13.4. The second kappa shape index (κ2) is 8.55. The van der Waals surface area contributed by atoms with Crippen LogP contribution in [-0.2, 0) is 23.1 Å². The van der Waals surface area contributed by atoms with Gasteiger partial charge in [0, 0.05) is 16.0 Å². The SMILES string of the molecule is COc1ccccc1CN(Cc1cccs1)C(=O)c1ccc(S(N)(=O)=O)cc1. The number of amides is 1. The lowest BCUT2D eigenvalue weighted by Crippen LogP contribution is -2.30. The standard InChI is InChI=1S/C20H20N2O4S2/c1-26-19-7-3-2-5-16(19)13-22(14-17-6-4-12-27-17)20(23)15-8-10-18(11-9-15)28(21,24)25/h2-12H,13-14H2,1H3,(H2,21,24,25). The van der Waals surface area contributed by atoms with E-state index in [0.717, 1.165) is 10.4 Å². The highest BCUT2D eigenvalue weighted by Gasteiger charge is 2.19. The van der Waals surface area contributed by atoms with Crippen LogP contribution in [0.1, 0.15) is 20.8 Å². The minimum absolute atomic E-state index is 0.0291. The number of ether oxygens (including phenoxy) is 1. The average molecular weight is 417 g/mol. The fourth-order valence-electron chi connectivity index (χ4n) is 2.80. The summed E-state index contributed by atoms with van der Waals surface area (Å²) in [5, 5.41) is 7.09. The molecule has 0 bridgehead atoms. The van der Waals surface area contributed by atoms with Crippen molar-refractivity contribution >= 4 is 27.3 Å². The normalized spacial score (nSPS) is 11.2. The Bertz CT molecular complexity index is 1050. The third-order valence-corrected chi connectivity index (χ3v) is 5.99. The van der Waals surface area contributed by atoms with E-state index in [2.05, 4.69) is 0 Å². The summed E-state index contributed by atoms with van der Waals surface area (Å²) in [5.74, 6) is 0.497. The largest absolute Gasteiger partial charge is 0.496 e. The number of nitrogens with two attached hydrogens (primary N) is 1. The zero-order valence-electron chi connectivity index (χ0n) is 15.2. The zero-order valence-corrected chi connectivity index (χ0v) is 16.9. The molecule has 0 unspecified atom stereocenters. The Morgan fingerprint density at radius 1 is 1.04 bits per heavy atom. The van der Waals surface area contributed by atoms with Crippen molar-refractivity contribution in [2.45, 2.75) is 18.0 Å². The number of sulfonamides is 1. The van der Waals surface area contributed by atoms with Crippen molar-refractivity contribution in [3.63, 3.8) is 0 Å². The number of carbonyl (C=O) groups excluding carboxylic acids is 1. The van der Waals surface area contributed by atoms with Gasteiger partial charge in [0.15, 0.2) is 0 Å². The van der Waals surface area contributed by atoms with Crippen LogP contribution in [0.5, 0.6) is 5.75 Å². The van der Waals surface area contributed by atoms with Gasteiger partial charge in [-0.2, -0.15) is 0 Å². The van der Waals surface area contributed by atoms with E-state index in [1.54, 1.807) is 23.3 Å². The first-order valence-electron chi connectivity index (χ1n) is 8.45. The number of thiophene rings is 1. The van der Waals surface area contributed by atoms with Gasteiger partial charge in [0.1, 0.15) is 5.75 Å². The van der Waals surface area contributed by atoms with Crippen molar-refractivity contribution in [2.24, 2.45) is 5.14 Å². The van der Waals surface area contributed by atoms with Crippen LogP contribution >= 0.6 is 11.3 Å². The highest BCUT2D eigenvalue weighted by molar-refractivity contribution is 7.89. The summed E-state index contributed by atoms with van der Waals surface area (Å²) >= 11 is 1.57. The molecule has 0 radical (unpaired) electrons. The Hall–Kier alpha value is -2.68. The fraction of sp³-hybridized carbons (Fsp3) is 0.150. The molecule has 0 spiro atoms. The molecule has 0 aliphatic carbocycles. The molecule has 2 N–H and O–H groups in total. The Kier molecular flexibility index (Phi) is 6.13. The molecular weight excluding hydrogens is 396 g/mol. The number of para-hydroxylation sites is 1. The second-order valence-electron chi connectivity index (χ2n) is 6.12. The van der Waals surface area contributed by atoms with Crippen molar-refractivity contribution < 1.29 is 17.9 Å². The second-order valence-corrected chi connectivity index (χ2v) is 8.72. The van der Waals surface area contributed by atoms with Crippen LogP contribution in [0.3, 0.4) is 0 Å². The molecule has 0 aliphatic heterocycles. The minimum Gasteiger partial charge on any atom is -0.496 e. The van der Waals surface area contributed by atoms with Crippen molar-refractivity contribution in [3.8, 4) is 5.75 Å². The van der Waals surface area contributed by atoms with Gasteiger partial charge in [0.05, 0.1) is 25.1 Å². The van der Waals surface area contributed by atoms with Gasteiger partial charge in [-0.15, -0.1) is 11.3 Å². The summed E-state index contributed by atoms with van der Waals surface area (Å²) in [6.45, 7) is 0.795. The molecule has 0 saturated heterocycles. The van der Waals surface area contributed by atoms with E-state index in [1.807, 2.05) is 41.8 Å². The molecule has 8 heteroatoms. The number of primary sulfonamides is 1. The maximum atomic E-state index is 13.1. The van der Waals surface area contributed by atoms with Crippen LogP contribution in [0.25, 0.3) is 0 Å². The minimum atomic E-state index is -3.80. The van der Waals surface area contributed by atoms with E-state index >= 15 is 0 Å². The molecule has 3 aromatic rings. The van der Waals surface area contributed by atoms with Crippen LogP contribution in [0.4, 0.5) is 0 Å². The average Bonchev–Trinajstić information content (AvgIpc) is 3.20. The maximum absolute atomic E-state index is 13.1. The summed E-state index contributed by atoms with van der Waals surface area (Å²) in [7, 11) is -2.21. The number of carbonyl (C=O) groups is 1. The van der Waals surface area contributed by atoms with Crippen LogP contribution in [0.15, 0.2) is 70.9 Å². The number of hydrogen-bond donors (Lipinski definition) is 1. The summed E-state index contributed by atoms with van der Waals surface area (Å²) in [4.78, 5) is 15.9. The number of rotatable bonds is 7. The van der Waals surface area contributed by atoms with E-state index in [4.69, 9.17) is 9.88 Å². The van der Waals surface area contributed by atoms with Crippen molar-refractivity contribution in [3.05, 3.63) is 82.0 Å². The number of benzene rings is 2. The Morgan fingerprint density at radius 2 is 1.75 bits per heavy atom. The molecular formula is C20H20N2O4S2. The molecule has 1 heterocycles. The van der Waals surface area contributed by atoms with Crippen molar-refractivity contribution in [1.82, 2.24) is 4.90 Å². The van der Waals surface area contributed by atoms with E-state index in [9.17, 15) is 13.2 Å². The van der Waals surface area contributed by atoms with E-state index in [-0.39, 0.29) is 10.8 Å². The predicted molar refractivity (Wildman–Crippen MR) is 109 cm³/mol. The van der Waals surface area contributed by atoms with Gasteiger partial charge in [-0.25, -0.2) is 13.6 Å². The van der Waals surface area contributed by atoms with E-state index < -0.39 is 10.0 Å². The number of nitrogens with zero attached hydrogens (tertiary/aromatic N) is 1. The monoisotopic (exact) mass is 416 g/mol. The van der Waals surface area contributed by atoms with Gasteiger partial charge in [-0.05, 0) is 41.8 Å². The molecule has 0 aliphatic rings. The third kappa shape index (κ3) is 4.78. The van der Waals surface area contributed by atoms with Gasteiger partial charge >= 0.3 is 0 Å². The number of methoxy groups -OCH3 is 1. The topological polar surface area (TPSA) is 89.7 Å². The Balaban J connectivity index is 1.90. The zero-order chi connectivity index (χ0) is 20.1. The Labute approximate surface area is 168 Å². The molecule has 0 atom stereocenters. The lowest BCUT2D eigenvalue weighted by atomic mass is 10.1. The molecule has 1 amide bonds. The number of hydrogen-bond acceptors (Lipinski definition) is 5. The summed E-state index contributed by atoms with van der Waals surface area (Å²) in [5.41, 5.74) is 1.27. The Morgan fingerprint density at radius 3 is 2.36 bits per heavy atom. The molecule has 1 aromatic heterocycles. The smallest absolute Gasteiger partial charge is 0.254 e. The molecule has 6 nitrogen and oxygen atoms in total. The molecule has 146 valence electrons. The quantitative estimate of drug-likeness (QED) is 0.640. The van der Waals surface area contributed by atoms with Crippen molar-refractivity contribution in [1.29, 1.82) is 0 Å². The summed E-state index contributed by atoms with van der Waals surface area (Å²) < 4.78 is 28.3. The van der Waals surface area contributed by atoms with E-state index in [0.29, 0.717) is 24.4 Å². The molecule has 0 saturated carbocycles. The van der Waals surface area contributed by atoms with Gasteiger partial charge in [0.2, 0.25) is 10.0 Å². The lowest BCUT2D eigenvalue weighted by molar-refractivity contribution is 0.0730. The van der Waals surface area contributed by atoms with Crippen molar-refractivity contribution in [2.75, 3.05) is 7.11 Å². The van der Waals surface area contributed by atoms with Crippen LogP contribution in [-0.4, -0.2) is 26.3 Å². The third-order valence-electron chi connectivity index (χ3n) is 4.20. The fourth-order valence-corrected chi connectivity index (χ4v) is 4.03. The first kappa shape index (κ1) is 20.1. The van der Waals surface area contributed by atoms with Crippen LogP contribution < -0.4 is 9.88 Å². The molecule has 28 heavy (non-hydrogen) atoms. The summed E-state index contributed by atoms with van der Waals surface area (Å²) in [6, 6.07) is 17.1. The molecule has 2 aromatic carbocycles. The highest BCUT2D eigenvalue weighted by Crippen LogP contribution is 2.23.